The standard InChI is InChI=1S/C32H42N6O6S2/c1-8-22(35-20(5)39)29(41)36-24(26(40)30-37-23-12-9-10-14-25(23)45-30)13-11-15-34-31(33)38-46(42,43)28-18(3)17(2)27-21(19(28)4)16-32(6,7)44-27/h9-10,12,14,22,24H,8,11,13,15-16H2,1-7H3,(H,35,39)(H,36,41)(H3,33,34,38)/t22-,24-/m0/s1. The van der Waals surface area contributed by atoms with Crippen molar-refractivity contribution >= 4 is 55.1 Å². The first kappa shape index (κ1) is 34.8. The number of guanidine groups is 1. The first-order valence-corrected chi connectivity index (χ1v) is 17.5. The molecule has 2 atom stereocenters. The number of para-hydroxylation sites is 1. The lowest BCUT2D eigenvalue weighted by Crippen LogP contribution is -2.51. The van der Waals surface area contributed by atoms with Crippen molar-refractivity contribution in [3.63, 3.8) is 0 Å². The third-order valence-corrected chi connectivity index (χ3v) is 10.7. The molecule has 14 heteroatoms. The number of ketones is 1. The minimum Gasteiger partial charge on any atom is -0.487 e. The Morgan fingerprint density at radius 3 is 2.41 bits per heavy atom. The van der Waals surface area contributed by atoms with Crippen molar-refractivity contribution in [1.82, 2.24) is 25.7 Å². The zero-order chi connectivity index (χ0) is 34.0. The zero-order valence-electron chi connectivity index (χ0n) is 27.2. The molecule has 12 nitrogen and oxygen atoms in total. The molecule has 46 heavy (non-hydrogen) atoms. The van der Waals surface area contributed by atoms with Crippen molar-refractivity contribution in [2.24, 2.45) is 0 Å². The first-order chi connectivity index (χ1) is 21.5. The molecule has 0 bridgehead atoms. The van der Waals surface area contributed by atoms with E-state index in [0.717, 1.165) is 21.6 Å². The topological polar surface area (TPSA) is 179 Å². The Labute approximate surface area is 273 Å². The molecular weight excluding hydrogens is 629 g/mol. The van der Waals surface area contributed by atoms with Crippen LogP contribution in [0, 0.1) is 26.2 Å². The molecule has 5 N–H and O–H groups in total. The van der Waals surface area contributed by atoms with E-state index in [0.29, 0.717) is 35.9 Å². The van der Waals surface area contributed by atoms with Crippen LogP contribution < -0.4 is 25.4 Å². The second-order valence-electron chi connectivity index (χ2n) is 12.2. The van der Waals surface area contributed by atoms with Crippen molar-refractivity contribution in [3.8, 4) is 5.75 Å². The van der Waals surface area contributed by atoms with Crippen LogP contribution in [0.5, 0.6) is 5.75 Å². The van der Waals surface area contributed by atoms with Gasteiger partial charge in [-0.3, -0.25) is 19.8 Å². The number of rotatable bonds is 12. The predicted octanol–water partition coefficient (Wildman–Crippen LogP) is 3.80. The van der Waals surface area contributed by atoms with Crippen LogP contribution >= 0.6 is 11.3 Å². The van der Waals surface area contributed by atoms with E-state index < -0.39 is 39.6 Å². The summed E-state index contributed by atoms with van der Waals surface area (Å²) >= 11 is 1.23. The van der Waals surface area contributed by atoms with E-state index in [9.17, 15) is 22.8 Å². The molecule has 0 unspecified atom stereocenters. The van der Waals surface area contributed by atoms with Crippen molar-refractivity contribution in [2.75, 3.05) is 6.54 Å². The molecule has 2 heterocycles. The van der Waals surface area contributed by atoms with Gasteiger partial charge in [0, 0.05) is 25.5 Å². The summed E-state index contributed by atoms with van der Waals surface area (Å²) in [4.78, 5) is 42.7. The summed E-state index contributed by atoms with van der Waals surface area (Å²) in [5.41, 5.74) is 2.99. The fourth-order valence-corrected chi connectivity index (χ4v) is 8.14. The van der Waals surface area contributed by atoms with E-state index in [1.165, 1.54) is 18.3 Å². The molecule has 0 radical (unpaired) electrons. The van der Waals surface area contributed by atoms with Crippen LogP contribution in [0.4, 0.5) is 0 Å². The molecule has 4 rings (SSSR count). The highest BCUT2D eigenvalue weighted by Crippen LogP contribution is 2.43. The van der Waals surface area contributed by atoms with E-state index in [1.54, 1.807) is 26.8 Å². The number of hydrogen-bond donors (Lipinski definition) is 5. The van der Waals surface area contributed by atoms with Gasteiger partial charge in [-0.1, -0.05) is 19.1 Å². The highest BCUT2D eigenvalue weighted by molar-refractivity contribution is 7.90. The van der Waals surface area contributed by atoms with Crippen molar-refractivity contribution in [3.05, 3.63) is 51.5 Å². The number of Topliss-reactive ketones (excluding diaryl/α,β-unsaturated/α-hetero) is 1. The van der Waals surface area contributed by atoms with Gasteiger partial charge in [0.1, 0.15) is 17.4 Å². The smallest absolute Gasteiger partial charge is 0.264 e. The maximum Gasteiger partial charge on any atom is 0.264 e. The largest absolute Gasteiger partial charge is 0.487 e. The van der Waals surface area contributed by atoms with Gasteiger partial charge in [0.15, 0.2) is 5.01 Å². The van der Waals surface area contributed by atoms with Gasteiger partial charge in [-0.2, -0.15) is 0 Å². The Morgan fingerprint density at radius 2 is 1.76 bits per heavy atom. The number of nitrogens with zero attached hydrogens (tertiary/aromatic N) is 1. The first-order valence-electron chi connectivity index (χ1n) is 15.2. The van der Waals surface area contributed by atoms with Crippen molar-refractivity contribution in [2.45, 2.75) is 96.7 Å². The summed E-state index contributed by atoms with van der Waals surface area (Å²) in [7, 11) is -4.10. The van der Waals surface area contributed by atoms with Crippen molar-refractivity contribution in [1.29, 1.82) is 5.41 Å². The summed E-state index contributed by atoms with van der Waals surface area (Å²) < 4.78 is 36.2. The lowest BCUT2D eigenvalue weighted by molar-refractivity contribution is -0.128. The fraction of sp³-hybridized carbons (Fsp3) is 0.469. The van der Waals surface area contributed by atoms with E-state index >= 15 is 0 Å². The third-order valence-electron chi connectivity index (χ3n) is 8.01. The van der Waals surface area contributed by atoms with Crippen LogP contribution in [-0.2, 0) is 26.0 Å². The summed E-state index contributed by atoms with van der Waals surface area (Å²) in [5, 5.41) is 16.7. The summed E-state index contributed by atoms with van der Waals surface area (Å²) in [6.45, 7) is 12.5. The summed E-state index contributed by atoms with van der Waals surface area (Å²) in [5.74, 6) is -0.915. The summed E-state index contributed by atoms with van der Waals surface area (Å²) in [6, 6.07) is 5.59. The molecule has 0 spiro atoms. The Balaban J connectivity index is 1.43. The van der Waals surface area contributed by atoms with Crippen LogP contribution in [0.15, 0.2) is 29.2 Å². The van der Waals surface area contributed by atoms with E-state index in [4.69, 9.17) is 10.1 Å². The number of sulfonamides is 1. The number of hydrogen-bond acceptors (Lipinski definition) is 9. The molecule has 0 saturated heterocycles. The number of benzene rings is 2. The monoisotopic (exact) mass is 670 g/mol. The van der Waals surface area contributed by atoms with Gasteiger partial charge < -0.3 is 20.7 Å². The molecule has 2 aromatic carbocycles. The lowest BCUT2D eigenvalue weighted by Gasteiger charge is -2.21. The Kier molecular flexibility index (Phi) is 10.4. The molecule has 0 fully saturated rings. The van der Waals surface area contributed by atoms with Crippen LogP contribution in [0.2, 0.25) is 0 Å². The maximum absolute atomic E-state index is 13.6. The van der Waals surface area contributed by atoms with Crippen LogP contribution in [0.3, 0.4) is 0 Å². The number of nitrogens with one attached hydrogen (secondary N) is 5. The Bertz CT molecular complexity index is 1770. The molecule has 1 aliphatic rings. The average molecular weight is 671 g/mol. The van der Waals surface area contributed by atoms with Crippen molar-refractivity contribution < 1.29 is 27.5 Å². The number of ether oxygens (including phenoxy) is 1. The molecule has 248 valence electrons. The van der Waals surface area contributed by atoms with Gasteiger partial charge >= 0.3 is 0 Å². The number of carbonyl (C=O) groups is 3. The number of aromatic nitrogens is 1. The summed E-state index contributed by atoms with van der Waals surface area (Å²) in [6.07, 6.45) is 1.40. The van der Waals surface area contributed by atoms with Gasteiger partial charge in [0.2, 0.25) is 23.6 Å². The fourth-order valence-electron chi connectivity index (χ4n) is 5.65. The molecule has 3 aromatic rings. The number of fused-ring (bicyclic) bond motifs is 2. The van der Waals surface area contributed by atoms with E-state index in [-0.39, 0.29) is 34.6 Å². The highest BCUT2D eigenvalue weighted by atomic mass is 32.2. The molecule has 2 amide bonds. The average Bonchev–Trinajstić information content (AvgIpc) is 3.56. The number of thiazole rings is 1. The SMILES string of the molecule is CC[C@H](NC(C)=O)C(=O)N[C@@H](CCCNC(=N)NS(=O)(=O)c1c(C)c(C)c2c(c1C)CC(C)(C)O2)C(=O)c1nc2ccccc2s1. The highest BCUT2D eigenvalue weighted by Gasteiger charge is 2.37. The quantitative estimate of drug-likeness (QED) is 0.0836. The Morgan fingerprint density at radius 1 is 1.07 bits per heavy atom. The molecular formula is C32H42N6O6S2. The minimum atomic E-state index is -4.10. The van der Waals surface area contributed by atoms with E-state index in [1.807, 2.05) is 39.0 Å². The third kappa shape index (κ3) is 7.66. The molecule has 1 aromatic heterocycles. The predicted molar refractivity (Wildman–Crippen MR) is 178 cm³/mol. The number of carbonyl (C=O) groups excluding carboxylic acids is 3. The van der Waals surface area contributed by atoms with Gasteiger partial charge in [-0.15, -0.1) is 11.3 Å². The lowest BCUT2D eigenvalue weighted by atomic mass is 9.94. The minimum absolute atomic E-state index is 0.130. The van der Waals surface area contributed by atoms with Gasteiger partial charge in [0.05, 0.1) is 21.2 Å². The molecule has 1 aliphatic heterocycles. The van der Waals surface area contributed by atoms with Crippen LogP contribution in [0.25, 0.3) is 10.2 Å². The second-order valence-corrected chi connectivity index (χ2v) is 14.8. The van der Waals surface area contributed by atoms with Gasteiger partial charge in [-0.05, 0) is 82.7 Å². The van der Waals surface area contributed by atoms with Gasteiger partial charge in [-0.25, -0.2) is 18.1 Å². The van der Waals surface area contributed by atoms with Gasteiger partial charge in [0.25, 0.3) is 10.0 Å². The molecule has 0 aliphatic carbocycles. The maximum atomic E-state index is 13.6. The molecule has 0 saturated carbocycles. The number of amides is 2. The zero-order valence-corrected chi connectivity index (χ0v) is 28.8. The van der Waals surface area contributed by atoms with Crippen LogP contribution in [0.1, 0.15) is 79.0 Å². The van der Waals surface area contributed by atoms with Crippen LogP contribution in [-0.4, -0.2) is 61.2 Å². The second kappa shape index (κ2) is 13.8. The van der Waals surface area contributed by atoms with E-state index in [2.05, 4.69) is 25.7 Å². The normalized spacial score (nSPS) is 14.9. The Hall–Kier alpha value is -4.04.